The highest BCUT2D eigenvalue weighted by atomic mass is 32.2. The summed E-state index contributed by atoms with van der Waals surface area (Å²) in [5.41, 5.74) is 1.41. The Morgan fingerprint density at radius 3 is 2.45 bits per heavy atom. The van der Waals surface area contributed by atoms with E-state index < -0.39 is 6.04 Å². The van der Waals surface area contributed by atoms with Gasteiger partial charge < -0.3 is 5.32 Å². The summed E-state index contributed by atoms with van der Waals surface area (Å²) in [4.78, 5) is 11.9. The van der Waals surface area contributed by atoms with Crippen LogP contribution in [0.1, 0.15) is 17.2 Å². The summed E-state index contributed by atoms with van der Waals surface area (Å²) in [5.74, 6) is -0.487. The Morgan fingerprint density at radius 1 is 1.14 bits per heavy atom. The lowest BCUT2D eigenvalue weighted by molar-refractivity contribution is -0.119. The van der Waals surface area contributed by atoms with E-state index in [0.717, 1.165) is 5.56 Å². The Bertz CT molecular complexity index is 648. The van der Waals surface area contributed by atoms with Crippen LogP contribution in [0.3, 0.4) is 0 Å². The smallest absolute Gasteiger partial charge is 0.230 e. The number of hydrogen-bond donors (Lipinski definition) is 1. The van der Waals surface area contributed by atoms with Gasteiger partial charge in [-0.2, -0.15) is 11.8 Å². The number of carbonyl (C=O) groups excluding carboxylic acids is 1. The van der Waals surface area contributed by atoms with Crippen molar-refractivity contribution in [3.8, 4) is 0 Å². The lowest BCUT2D eigenvalue weighted by atomic mass is 9.98. The second-order valence-electron chi connectivity index (χ2n) is 4.94. The Balaban J connectivity index is 2.22. The van der Waals surface area contributed by atoms with Gasteiger partial charge in [-0.3, -0.25) is 4.79 Å². The third kappa shape index (κ3) is 4.84. The van der Waals surface area contributed by atoms with E-state index in [-0.39, 0.29) is 17.5 Å². The molecule has 0 bridgehead atoms. The van der Waals surface area contributed by atoms with Crippen molar-refractivity contribution in [3.05, 3.63) is 71.3 Å². The molecular formula is C17H17F2NOS. The number of nitrogens with one attached hydrogen (secondary N) is 1. The largest absolute Gasteiger partial charge is 0.348 e. The first-order chi connectivity index (χ1) is 10.6. The molecule has 0 radical (unpaired) electrons. The fraction of sp³-hybridized carbons (Fsp3) is 0.235. The SMILES string of the molecule is CSCC(=O)NC(Cc1cccc(F)c1)c1cccc(F)c1. The molecule has 0 aromatic heterocycles. The number of benzene rings is 2. The lowest BCUT2D eigenvalue weighted by Gasteiger charge is -2.19. The average molecular weight is 321 g/mol. The first-order valence-electron chi connectivity index (χ1n) is 6.86. The number of hydrogen-bond acceptors (Lipinski definition) is 2. The standard InChI is InChI=1S/C17H17F2NOS/c1-22-11-17(21)20-16(13-5-3-7-15(19)10-13)9-12-4-2-6-14(18)8-12/h2-8,10,16H,9,11H2,1H3,(H,20,21). The van der Waals surface area contributed by atoms with Crippen molar-refractivity contribution in [1.29, 1.82) is 0 Å². The minimum Gasteiger partial charge on any atom is -0.348 e. The minimum absolute atomic E-state index is 0.127. The van der Waals surface area contributed by atoms with Gasteiger partial charge in [-0.25, -0.2) is 8.78 Å². The van der Waals surface area contributed by atoms with Gasteiger partial charge in [-0.15, -0.1) is 0 Å². The van der Waals surface area contributed by atoms with Gasteiger partial charge in [-0.1, -0.05) is 24.3 Å². The second kappa shape index (κ2) is 7.94. The maximum Gasteiger partial charge on any atom is 0.230 e. The summed E-state index contributed by atoms with van der Waals surface area (Å²) in [6.07, 6.45) is 2.24. The molecule has 0 aliphatic carbocycles. The van der Waals surface area contributed by atoms with E-state index in [1.165, 1.54) is 36.0 Å². The van der Waals surface area contributed by atoms with Gasteiger partial charge in [0.05, 0.1) is 11.8 Å². The van der Waals surface area contributed by atoms with E-state index >= 15 is 0 Å². The summed E-state index contributed by atoms with van der Waals surface area (Å²) in [6, 6.07) is 11.9. The van der Waals surface area contributed by atoms with Gasteiger partial charge in [0.25, 0.3) is 0 Å². The Kier molecular flexibility index (Phi) is 5.95. The lowest BCUT2D eigenvalue weighted by Crippen LogP contribution is -2.31. The molecule has 22 heavy (non-hydrogen) atoms. The first kappa shape index (κ1) is 16.5. The molecule has 5 heteroatoms. The van der Waals surface area contributed by atoms with E-state index in [4.69, 9.17) is 0 Å². The molecule has 1 N–H and O–H groups in total. The van der Waals surface area contributed by atoms with Gasteiger partial charge in [-0.05, 0) is 48.1 Å². The van der Waals surface area contributed by atoms with E-state index in [2.05, 4.69) is 5.32 Å². The molecule has 1 amide bonds. The molecule has 1 atom stereocenters. The molecule has 116 valence electrons. The molecule has 0 heterocycles. The quantitative estimate of drug-likeness (QED) is 0.878. The van der Waals surface area contributed by atoms with Crippen LogP contribution in [0.4, 0.5) is 8.78 Å². The van der Waals surface area contributed by atoms with Crippen molar-refractivity contribution in [1.82, 2.24) is 5.32 Å². The van der Waals surface area contributed by atoms with Crippen LogP contribution in [0.5, 0.6) is 0 Å². The fourth-order valence-electron chi connectivity index (χ4n) is 2.24. The van der Waals surface area contributed by atoms with Crippen molar-refractivity contribution >= 4 is 17.7 Å². The molecule has 2 aromatic carbocycles. The Hall–Kier alpha value is -1.88. The monoisotopic (exact) mass is 321 g/mol. The van der Waals surface area contributed by atoms with Crippen molar-refractivity contribution < 1.29 is 13.6 Å². The first-order valence-corrected chi connectivity index (χ1v) is 8.26. The number of thioether (sulfide) groups is 1. The third-order valence-corrected chi connectivity index (χ3v) is 3.74. The number of halogens is 2. The summed E-state index contributed by atoms with van der Waals surface area (Å²) in [6.45, 7) is 0. The van der Waals surface area contributed by atoms with Crippen LogP contribution in [-0.4, -0.2) is 17.9 Å². The number of amides is 1. The molecule has 2 rings (SSSR count). The van der Waals surface area contributed by atoms with Crippen LogP contribution in [0.2, 0.25) is 0 Å². The highest BCUT2D eigenvalue weighted by Gasteiger charge is 2.16. The van der Waals surface area contributed by atoms with Crippen molar-refractivity contribution in [2.24, 2.45) is 0 Å². The maximum atomic E-state index is 13.4. The summed E-state index contributed by atoms with van der Waals surface area (Å²) < 4.78 is 26.8. The Morgan fingerprint density at radius 2 is 1.82 bits per heavy atom. The summed E-state index contributed by atoms with van der Waals surface area (Å²) in [5, 5.41) is 2.88. The summed E-state index contributed by atoms with van der Waals surface area (Å²) >= 11 is 1.41. The third-order valence-electron chi connectivity index (χ3n) is 3.19. The molecule has 0 aliphatic rings. The van der Waals surface area contributed by atoms with Crippen LogP contribution >= 0.6 is 11.8 Å². The van der Waals surface area contributed by atoms with Gasteiger partial charge in [0.1, 0.15) is 11.6 Å². The molecule has 0 spiro atoms. The van der Waals surface area contributed by atoms with E-state index in [1.807, 2.05) is 6.26 Å². The molecule has 0 saturated heterocycles. The highest BCUT2D eigenvalue weighted by Crippen LogP contribution is 2.20. The van der Waals surface area contributed by atoms with Crippen molar-refractivity contribution in [3.63, 3.8) is 0 Å². The average Bonchev–Trinajstić information content (AvgIpc) is 2.47. The molecule has 0 aliphatic heterocycles. The zero-order chi connectivity index (χ0) is 15.9. The fourth-order valence-corrected chi connectivity index (χ4v) is 2.59. The second-order valence-corrected chi connectivity index (χ2v) is 5.81. The number of carbonyl (C=O) groups is 1. The van der Waals surface area contributed by atoms with Gasteiger partial charge >= 0.3 is 0 Å². The molecule has 0 saturated carbocycles. The predicted octanol–water partition coefficient (Wildman–Crippen LogP) is 3.73. The van der Waals surface area contributed by atoms with Gasteiger partial charge in [0, 0.05) is 0 Å². The molecule has 2 aromatic rings. The summed E-state index contributed by atoms with van der Waals surface area (Å²) in [7, 11) is 0. The van der Waals surface area contributed by atoms with E-state index in [0.29, 0.717) is 17.7 Å². The van der Waals surface area contributed by atoms with Gasteiger partial charge in [0.15, 0.2) is 0 Å². The minimum atomic E-state index is -0.392. The normalized spacial score (nSPS) is 12.0. The van der Waals surface area contributed by atoms with Crippen LogP contribution in [0, 0.1) is 11.6 Å². The predicted molar refractivity (Wildman–Crippen MR) is 85.8 cm³/mol. The molecular weight excluding hydrogens is 304 g/mol. The maximum absolute atomic E-state index is 13.4. The van der Waals surface area contributed by atoms with E-state index in [9.17, 15) is 13.6 Å². The molecule has 1 unspecified atom stereocenters. The van der Waals surface area contributed by atoms with Crippen LogP contribution in [-0.2, 0) is 11.2 Å². The number of rotatable bonds is 6. The van der Waals surface area contributed by atoms with Crippen LogP contribution in [0.25, 0.3) is 0 Å². The van der Waals surface area contributed by atoms with Crippen molar-refractivity contribution in [2.75, 3.05) is 12.0 Å². The van der Waals surface area contributed by atoms with E-state index in [1.54, 1.807) is 24.3 Å². The Labute approximate surface area is 132 Å². The van der Waals surface area contributed by atoms with Crippen molar-refractivity contribution in [2.45, 2.75) is 12.5 Å². The van der Waals surface area contributed by atoms with Crippen LogP contribution < -0.4 is 5.32 Å². The zero-order valence-electron chi connectivity index (χ0n) is 12.2. The topological polar surface area (TPSA) is 29.1 Å². The molecule has 2 nitrogen and oxygen atoms in total. The van der Waals surface area contributed by atoms with Gasteiger partial charge in [0.2, 0.25) is 5.91 Å². The zero-order valence-corrected chi connectivity index (χ0v) is 13.0. The van der Waals surface area contributed by atoms with Crippen LogP contribution in [0.15, 0.2) is 48.5 Å². The highest BCUT2D eigenvalue weighted by molar-refractivity contribution is 7.99. The molecule has 0 fully saturated rings.